The van der Waals surface area contributed by atoms with Crippen LogP contribution in [0.3, 0.4) is 0 Å². The standard InChI is InChI=1S/C21H23F2N3O5/c1-11(2)5-17(20(28)29)26-18(21(30)31)9-15-3-4-16(10-24-15)25-19(27)12-6-13(22)8-14(23)7-12/h3-4,6-8,10-11,17-18,26H,5,9H2,1-2H3,(H,25,27)(H,28,29)(H,30,31)/t17-,18-/m0/s1. The summed E-state index contributed by atoms with van der Waals surface area (Å²) in [6.45, 7) is 3.67. The minimum Gasteiger partial charge on any atom is -0.480 e. The maximum absolute atomic E-state index is 13.3. The SMILES string of the molecule is CC(C)C[C@H](N[C@@H](Cc1ccc(NC(=O)c2cc(F)cc(F)c2)cn1)C(=O)O)C(=O)O. The highest BCUT2D eigenvalue weighted by Gasteiger charge is 2.27. The van der Waals surface area contributed by atoms with Crippen LogP contribution in [0.1, 0.15) is 36.3 Å². The molecule has 0 fully saturated rings. The van der Waals surface area contributed by atoms with Gasteiger partial charge in [-0.3, -0.25) is 24.7 Å². The maximum atomic E-state index is 13.3. The van der Waals surface area contributed by atoms with Crippen molar-refractivity contribution in [2.45, 2.75) is 38.8 Å². The molecule has 1 aromatic carbocycles. The Morgan fingerprint density at radius 3 is 2.10 bits per heavy atom. The summed E-state index contributed by atoms with van der Waals surface area (Å²) in [6.07, 6.45) is 1.45. The third-order valence-corrected chi connectivity index (χ3v) is 4.33. The molecule has 1 aromatic heterocycles. The van der Waals surface area contributed by atoms with E-state index in [9.17, 15) is 33.4 Å². The van der Waals surface area contributed by atoms with Gasteiger partial charge in [-0.1, -0.05) is 13.8 Å². The number of anilines is 1. The van der Waals surface area contributed by atoms with E-state index in [1.165, 1.54) is 18.3 Å². The summed E-state index contributed by atoms with van der Waals surface area (Å²) < 4.78 is 26.5. The topological polar surface area (TPSA) is 129 Å². The van der Waals surface area contributed by atoms with Gasteiger partial charge in [-0.25, -0.2) is 8.78 Å². The van der Waals surface area contributed by atoms with Crippen LogP contribution in [0.5, 0.6) is 0 Å². The van der Waals surface area contributed by atoms with Crippen LogP contribution in [0.2, 0.25) is 0 Å². The second-order valence-corrected chi connectivity index (χ2v) is 7.43. The van der Waals surface area contributed by atoms with Crippen molar-refractivity contribution in [3.8, 4) is 0 Å². The number of hydrogen-bond acceptors (Lipinski definition) is 5. The average molecular weight is 435 g/mol. The minimum atomic E-state index is -1.22. The van der Waals surface area contributed by atoms with Gasteiger partial charge in [0.1, 0.15) is 23.7 Å². The molecular weight excluding hydrogens is 412 g/mol. The normalized spacial score (nSPS) is 12.9. The van der Waals surface area contributed by atoms with Gasteiger partial charge in [-0.2, -0.15) is 0 Å². The van der Waals surface area contributed by atoms with Crippen molar-refractivity contribution in [2.75, 3.05) is 5.32 Å². The molecule has 8 nitrogen and oxygen atoms in total. The molecule has 1 heterocycles. The lowest BCUT2D eigenvalue weighted by Gasteiger charge is -2.21. The summed E-state index contributed by atoms with van der Waals surface area (Å²) in [6, 6.07) is 3.15. The molecule has 2 atom stereocenters. The molecule has 0 aliphatic rings. The van der Waals surface area contributed by atoms with E-state index in [4.69, 9.17) is 0 Å². The van der Waals surface area contributed by atoms with E-state index in [0.717, 1.165) is 12.1 Å². The number of carbonyl (C=O) groups is 3. The van der Waals surface area contributed by atoms with Crippen molar-refractivity contribution in [3.63, 3.8) is 0 Å². The molecule has 0 aliphatic heterocycles. The fourth-order valence-corrected chi connectivity index (χ4v) is 2.89. The van der Waals surface area contributed by atoms with Gasteiger partial charge in [-0.05, 0) is 36.6 Å². The Labute approximate surface area is 177 Å². The number of hydrogen-bond donors (Lipinski definition) is 4. The number of carbonyl (C=O) groups excluding carboxylic acids is 1. The quantitative estimate of drug-likeness (QED) is 0.452. The van der Waals surface area contributed by atoms with E-state index in [1.54, 1.807) is 0 Å². The molecular formula is C21H23F2N3O5. The first-order valence-corrected chi connectivity index (χ1v) is 9.49. The molecule has 0 bridgehead atoms. The first-order chi connectivity index (χ1) is 14.5. The average Bonchev–Trinajstić information content (AvgIpc) is 2.66. The third kappa shape index (κ3) is 7.41. The number of nitrogens with one attached hydrogen (secondary N) is 2. The van der Waals surface area contributed by atoms with Gasteiger partial charge in [0, 0.05) is 23.7 Å². The number of pyridine rings is 1. The first-order valence-electron chi connectivity index (χ1n) is 9.49. The summed E-state index contributed by atoms with van der Waals surface area (Å²) in [7, 11) is 0. The van der Waals surface area contributed by atoms with Crippen molar-refractivity contribution in [1.82, 2.24) is 10.3 Å². The van der Waals surface area contributed by atoms with E-state index in [2.05, 4.69) is 15.6 Å². The zero-order chi connectivity index (χ0) is 23.1. The molecule has 0 saturated carbocycles. The van der Waals surface area contributed by atoms with Crippen LogP contribution in [0, 0.1) is 17.6 Å². The molecule has 1 amide bonds. The second kappa shape index (κ2) is 10.6. The Morgan fingerprint density at radius 2 is 1.61 bits per heavy atom. The molecule has 0 spiro atoms. The lowest BCUT2D eigenvalue weighted by atomic mass is 10.0. The maximum Gasteiger partial charge on any atom is 0.321 e. The van der Waals surface area contributed by atoms with Crippen molar-refractivity contribution in [3.05, 3.63) is 59.4 Å². The highest BCUT2D eigenvalue weighted by molar-refractivity contribution is 6.04. The Morgan fingerprint density at radius 1 is 1.00 bits per heavy atom. The van der Waals surface area contributed by atoms with Gasteiger partial charge in [0.25, 0.3) is 5.91 Å². The number of nitrogens with zero attached hydrogens (tertiary/aromatic N) is 1. The van der Waals surface area contributed by atoms with Gasteiger partial charge in [0.05, 0.1) is 11.9 Å². The van der Waals surface area contributed by atoms with E-state index in [0.29, 0.717) is 11.8 Å². The van der Waals surface area contributed by atoms with Gasteiger partial charge >= 0.3 is 11.9 Å². The van der Waals surface area contributed by atoms with Crippen molar-refractivity contribution in [2.24, 2.45) is 5.92 Å². The number of amides is 1. The number of carboxylic acids is 2. The lowest BCUT2D eigenvalue weighted by Crippen LogP contribution is -2.48. The number of benzene rings is 1. The summed E-state index contributed by atoms with van der Waals surface area (Å²) in [5.41, 5.74) is 0.381. The highest BCUT2D eigenvalue weighted by atomic mass is 19.1. The Balaban J connectivity index is 2.06. The van der Waals surface area contributed by atoms with Gasteiger partial charge in [-0.15, -0.1) is 0 Å². The first kappa shape index (κ1) is 23.9. The third-order valence-electron chi connectivity index (χ3n) is 4.33. The fourth-order valence-electron chi connectivity index (χ4n) is 2.89. The Bertz CT molecular complexity index is 930. The van der Waals surface area contributed by atoms with Crippen LogP contribution < -0.4 is 10.6 Å². The number of carboxylic acid groups (broad SMARTS) is 2. The van der Waals surface area contributed by atoms with Crippen LogP contribution >= 0.6 is 0 Å². The second-order valence-electron chi connectivity index (χ2n) is 7.43. The predicted octanol–water partition coefficient (Wildman–Crippen LogP) is 2.70. The summed E-state index contributed by atoms with van der Waals surface area (Å²) >= 11 is 0. The van der Waals surface area contributed by atoms with E-state index in [1.807, 2.05) is 13.8 Å². The largest absolute Gasteiger partial charge is 0.480 e. The Kier molecular flexibility index (Phi) is 8.14. The van der Waals surface area contributed by atoms with Crippen LogP contribution in [-0.4, -0.2) is 45.1 Å². The lowest BCUT2D eigenvalue weighted by molar-refractivity contribution is -0.142. The number of aliphatic carboxylic acids is 2. The van der Waals surface area contributed by atoms with Crippen molar-refractivity contribution in [1.29, 1.82) is 0 Å². The monoisotopic (exact) mass is 435 g/mol. The van der Waals surface area contributed by atoms with Crippen LogP contribution in [0.4, 0.5) is 14.5 Å². The van der Waals surface area contributed by atoms with E-state index in [-0.39, 0.29) is 30.0 Å². The minimum absolute atomic E-state index is 0.0515. The predicted molar refractivity (Wildman–Crippen MR) is 108 cm³/mol. The molecule has 2 aromatic rings. The molecule has 166 valence electrons. The molecule has 31 heavy (non-hydrogen) atoms. The van der Waals surface area contributed by atoms with Gasteiger partial charge in [0.15, 0.2) is 0 Å². The van der Waals surface area contributed by atoms with Crippen LogP contribution in [0.15, 0.2) is 36.5 Å². The van der Waals surface area contributed by atoms with E-state index < -0.39 is 41.6 Å². The molecule has 0 radical (unpaired) electrons. The van der Waals surface area contributed by atoms with E-state index >= 15 is 0 Å². The summed E-state index contributed by atoms with van der Waals surface area (Å²) in [4.78, 5) is 39.2. The summed E-state index contributed by atoms with van der Waals surface area (Å²) in [5, 5.41) is 23.8. The Hall–Kier alpha value is -3.40. The number of rotatable bonds is 10. The van der Waals surface area contributed by atoms with Gasteiger partial charge < -0.3 is 15.5 Å². The fraction of sp³-hybridized carbons (Fsp3) is 0.333. The zero-order valence-corrected chi connectivity index (χ0v) is 16.9. The molecule has 10 heteroatoms. The van der Waals surface area contributed by atoms with Gasteiger partial charge in [0.2, 0.25) is 0 Å². The highest BCUT2D eigenvalue weighted by Crippen LogP contribution is 2.13. The zero-order valence-electron chi connectivity index (χ0n) is 16.9. The van der Waals surface area contributed by atoms with Crippen molar-refractivity contribution < 1.29 is 33.4 Å². The van der Waals surface area contributed by atoms with Crippen LogP contribution in [-0.2, 0) is 16.0 Å². The number of halogens is 2. The summed E-state index contributed by atoms with van der Waals surface area (Å²) in [5.74, 6) is -4.82. The van der Waals surface area contributed by atoms with Crippen molar-refractivity contribution >= 4 is 23.5 Å². The molecule has 2 rings (SSSR count). The molecule has 4 N–H and O–H groups in total. The van der Waals surface area contributed by atoms with Crippen LogP contribution in [0.25, 0.3) is 0 Å². The molecule has 0 saturated heterocycles. The number of aromatic nitrogens is 1. The smallest absolute Gasteiger partial charge is 0.321 e. The molecule has 0 aliphatic carbocycles. The molecule has 0 unspecified atom stereocenters.